The Kier molecular flexibility index (Phi) is 6.32. The molecule has 32 heavy (non-hydrogen) atoms. The first-order valence-electron chi connectivity index (χ1n) is 10.5. The molecule has 2 heterocycles. The number of nitrogens with zero attached hydrogens (tertiary/aromatic N) is 1. The van der Waals surface area contributed by atoms with E-state index in [4.69, 9.17) is 18.9 Å². The van der Waals surface area contributed by atoms with Crippen LogP contribution in [0.15, 0.2) is 48.0 Å². The van der Waals surface area contributed by atoms with Gasteiger partial charge in [0.05, 0.1) is 24.3 Å². The number of carboxylic acid groups (broad SMARTS) is 1. The zero-order chi connectivity index (χ0) is 22.7. The van der Waals surface area contributed by atoms with Crippen LogP contribution in [-0.4, -0.2) is 55.5 Å². The van der Waals surface area contributed by atoms with E-state index in [9.17, 15) is 14.7 Å². The van der Waals surface area contributed by atoms with Gasteiger partial charge in [0.2, 0.25) is 12.7 Å². The second-order valence-corrected chi connectivity index (χ2v) is 7.38. The number of ether oxygens (including phenoxy) is 4. The average Bonchev–Trinajstić information content (AvgIpc) is 3.38. The summed E-state index contributed by atoms with van der Waals surface area (Å²) in [5.41, 5.74) is 1.62. The highest BCUT2D eigenvalue weighted by atomic mass is 16.7. The van der Waals surface area contributed by atoms with Crippen LogP contribution in [0.4, 0.5) is 0 Å². The number of aliphatic carboxylic acids is 1. The maximum Gasteiger partial charge on any atom is 0.334 e. The lowest BCUT2D eigenvalue weighted by Gasteiger charge is -2.22. The molecule has 1 N–H and O–H groups in total. The Balaban J connectivity index is 1.79. The van der Waals surface area contributed by atoms with Gasteiger partial charge in [-0.05, 0) is 60.9 Å². The van der Waals surface area contributed by atoms with Gasteiger partial charge in [-0.2, -0.15) is 0 Å². The van der Waals surface area contributed by atoms with Crippen molar-refractivity contribution in [3.8, 4) is 17.2 Å². The molecular formula is C24H25NO7. The molecule has 0 radical (unpaired) electrons. The third kappa shape index (κ3) is 4.01. The van der Waals surface area contributed by atoms with Crippen LogP contribution in [0.1, 0.15) is 30.4 Å². The summed E-state index contributed by atoms with van der Waals surface area (Å²) in [6.45, 7) is 3.40. The van der Waals surface area contributed by atoms with Crippen molar-refractivity contribution in [2.24, 2.45) is 0 Å². The maximum atomic E-state index is 13.6. The van der Waals surface area contributed by atoms with Gasteiger partial charge in [0.1, 0.15) is 5.75 Å². The molecule has 0 saturated heterocycles. The average molecular weight is 439 g/mol. The predicted octanol–water partition coefficient (Wildman–Crippen LogP) is 3.27. The standard InChI is InChI=1S/C24H25NO7/c1-3-30-12-4-11-25-22(15-5-8-17(29-2)9-6-15)21(24(27)28)20(23(25)26)16-7-10-18-19(13-16)32-14-31-18/h5-10,13,20H,3-4,11-12,14H2,1-2H3,(H,27,28)/t20-/m1/s1. The van der Waals surface area contributed by atoms with Crippen molar-refractivity contribution in [1.29, 1.82) is 0 Å². The molecule has 0 spiro atoms. The van der Waals surface area contributed by atoms with E-state index in [0.29, 0.717) is 60.3 Å². The quantitative estimate of drug-likeness (QED) is 0.599. The summed E-state index contributed by atoms with van der Waals surface area (Å²) >= 11 is 0. The summed E-state index contributed by atoms with van der Waals surface area (Å²) in [6.07, 6.45) is 0.583. The molecule has 8 heteroatoms. The van der Waals surface area contributed by atoms with Gasteiger partial charge in [0, 0.05) is 19.8 Å². The molecule has 2 aliphatic heterocycles. The fraction of sp³-hybridized carbons (Fsp3) is 0.333. The summed E-state index contributed by atoms with van der Waals surface area (Å²) in [5, 5.41) is 10.2. The topological polar surface area (TPSA) is 94.5 Å². The SMILES string of the molecule is CCOCCCN1C(=O)[C@H](c2ccc3c(c2)OCO3)C(C(=O)O)=C1c1ccc(OC)cc1. The van der Waals surface area contributed by atoms with Gasteiger partial charge >= 0.3 is 5.97 Å². The van der Waals surface area contributed by atoms with Gasteiger partial charge in [-0.25, -0.2) is 4.79 Å². The number of benzene rings is 2. The molecule has 0 aromatic heterocycles. The molecule has 0 fully saturated rings. The van der Waals surface area contributed by atoms with Gasteiger partial charge in [0.15, 0.2) is 11.5 Å². The van der Waals surface area contributed by atoms with Crippen molar-refractivity contribution in [3.05, 3.63) is 59.2 Å². The number of rotatable bonds is 9. The lowest BCUT2D eigenvalue weighted by Crippen LogP contribution is -2.29. The minimum Gasteiger partial charge on any atom is -0.497 e. The number of hydrogen-bond donors (Lipinski definition) is 1. The van der Waals surface area contributed by atoms with Crippen LogP contribution in [0.3, 0.4) is 0 Å². The van der Waals surface area contributed by atoms with Crippen LogP contribution >= 0.6 is 0 Å². The summed E-state index contributed by atoms with van der Waals surface area (Å²) in [4.78, 5) is 27.6. The third-order valence-electron chi connectivity index (χ3n) is 5.53. The summed E-state index contributed by atoms with van der Waals surface area (Å²) < 4.78 is 21.4. The van der Waals surface area contributed by atoms with Crippen LogP contribution < -0.4 is 14.2 Å². The third-order valence-corrected chi connectivity index (χ3v) is 5.53. The lowest BCUT2D eigenvalue weighted by molar-refractivity contribution is -0.134. The Hall–Kier alpha value is -3.52. The molecule has 1 amide bonds. The molecule has 0 aliphatic carbocycles. The van der Waals surface area contributed by atoms with E-state index in [1.807, 2.05) is 6.92 Å². The zero-order valence-corrected chi connectivity index (χ0v) is 18.0. The van der Waals surface area contributed by atoms with Gasteiger partial charge < -0.3 is 29.0 Å². The largest absolute Gasteiger partial charge is 0.497 e. The number of fused-ring (bicyclic) bond motifs is 1. The first-order valence-corrected chi connectivity index (χ1v) is 10.5. The fourth-order valence-corrected chi connectivity index (χ4v) is 4.05. The maximum absolute atomic E-state index is 13.6. The van der Waals surface area contributed by atoms with Crippen LogP contribution in [-0.2, 0) is 14.3 Å². The van der Waals surface area contributed by atoms with E-state index in [-0.39, 0.29) is 18.3 Å². The van der Waals surface area contributed by atoms with E-state index in [0.717, 1.165) is 0 Å². The Morgan fingerprint density at radius 3 is 2.59 bits per heavy atom. The Morgan fingerprint density at radius 2 is 1.91 bits per heavy atom. The van der Waals surface area contributed by atoms with Crippen molar-refractivity contribution < 1.29 is 33.6 Å². The van der Waals surface area contributed by atoms with E-state index in [1.54, 1.807) is 54.5 Å². The van der Waals surface area contributed by atoms with Crippen LogP contribution in [0.25, 0.3) is 5.70 Å². The Morgan fingerprint density at radius 1 is 1.16 bits per heavy atom. The van der Waals surface area contributed by atoms with E-state index >= 15 is 0 Å². The number of carbonyl (C=O) groups excluding carboxylic acids is 1. The van der Waals surface area contributed by atoms with E-state index in [1.165, 1.54) is 0 Å². The molecule has 2 aromatic rings. The van der Waals surface area contributed by atoms with E-state index in [2.05, 4.69) is 0 Å². The second-order valence-electron chi connectivity index (χ2n) is 7.38. The van der Waals surface area contributed by atoms with Crippen molar-refractivity contribution in [3.63, 3.8) is 0 Å². The lowest BCUT2D eigenvalue weighted by atomic mass is 9.90. The van der Waals surface area contributed by atoms with Crippen molar-refractivity contribution in [1.82, 2.24) is 4.90 Å². The molecule has 168 valence electrons. The fourth-order valence-electron chi connectivity index (χ4n) is 4.05. The van der Waals surface area contributed by atoms with Crippen molar-refractivity contribution >= 4 is 17.6 Å². The van der Waals surface area contributed by atoms with Crippen molar-refractivity contribution in [2.45, 2.75) is 19.3 Å². The Bertz CT molecular complexity index is 1040. The first-order chi connectivity index (χ1) is 15.5. The van der Waals surface area contributed by atoms with E-state index < -0.39 is 11.9 Å². The smallest absolute Gasteiger partial charge is 0.334 e. The molecule has 4 rings (SSSR count). The van der Waals surface area contributed by atoms with Crippen molar-refractivity contribution in [2.75, 3.05) is 33.7 Å². The summed E-state index contributed by atoms with van der Waals surface area (Å²) in [5.74, 6) is -0.662. The molecule has 2 aliphatic rings. The zero-order valence-electron chi connectivity index (χ0n) is 18.0. The highest BCUT2D eigenvalue weighted by molar-refractivity contribution is 6.13. The molecule has 0 unspecified atom stereocenters. The number of amides is 1. The monoisotopic (exact) mass is 439 g/mol. The molecule has 0 saturated carbocycles. The molecule has 1 atom stereocenters. The van der Waals surface area contributed by atoms with Crippen LogP contribution in [0.2, 0.25) is 0 Å². The molecule has 8 nitrogen and oxygen atoms in total. The second kappa shape index (κ2) is 9.32. The van der Waals surface area contributed by atoms with Gasteiger partial charge in [0.25, 0.3) is 0 Å². The number of carbonyl (C=O) groups is 2. The minimum atomic E-state index is -1.14. The van der Waals surface area contributed by atoms with Gasteiger partial charge in [-0.3, -0.25) is 4.79 Å². The van der Waals surface area contributed by atoms with Crippen LogP contribution in [0.5, 0.6) is 17.2 Å². The number of carboxylic acids is 1. The van der Waals surface area contributed by atoms with Gasteiger partial charge in [-0.15, -0.1) is 0 Å². The minimum absolute atomic E-state index is 0.0374. The normalized spacial score (nSPS) is 17.2. The predicted molar refractivity (Wildman–Crippen MR) is 116 cm³/mol. The number of methoxy groups -OCH3 is 1. The molecule has 2 aromatic carbocycles. The summed E-state index contributed by atoms with van der Waals surface area (Å²) in [7, 11) is 1.56. The summed E-state index contributed by atoms with van der Waals surface area (Å²) in [6, 6.07) is 12.1. The first kappa shape index (κ1) is 21.7. The molecule has 0 bridgehead atoms. The molecular weight excluding hydrogens is 414 g/mol. The number of hydrogen-bond acceptors (Lipinski definition) is 6. The van der Waals surface area contributed by atoms with Gasteiger partial charge in [-0.1, -0.05) is 6.07 Å². The van der Waals surface area contributed by atoms with Crippen LogP contribution in [0, 0.1) is 0 Å². The Labute approximate surface area is 185 Å². The highest BCUT2D eigenvalue weighted by Gasteiger charge is 2.44. The highest BCUT2D eigenvalue weighted by Crippen LogP contribution is 2.44.